The van der Waals surface area contributed by atoms with Crippen LogP contribution in [0.5, 0.6) is 5.75 Å². The molecular formula is C27H21ClFN3O3S. The minimum atomic E-state index is -0.311. The molecule has 1 N–H and O–H groups in total. The number of fused-ring (bicyclic) bond motifs is 3. The van der Waals surface area contributed by atoms with Gasteiger partial charge in [-0.2, -0.15) is 0 Å². The lowest BCUT2D eigenvalue weighted by atomic mass is 10.1. The maximum atomic E-state index is 13.4. The van der Waals surface area contributed by atoms with Crippen molar-refractivity contribution >= 4 is 60.7 Å². The summed E-state index contributed by atoms with van der Waals surface area (Å²) in [6.07, 6.45) is 1.73. The molecule has 0 unspecified atom stereocenters. The number of carbonyl (C=O) groups is 1. The number of rotatable bonds is 8. The third-order valence-corrected chi connectivity index (χ3v) is 6.82. The first kappa shape index (κ1) is 24.0. The van der Waals surface area contributed by atoms with Gasteiger partial charge in [-0.15, -0.1) is 11.3 Å². The van der Waals surface area contributed by atoms with Crippen LogP contribution in [0.1, 0.15) is 18.1 Å². The molecule has 2 aromatic heterocycles. The molecule has 6 nitrogen and oxygen atoms in total. The van der Waals surface area contributed by atoms with Crippen LogP contribution in [0.4, 0.5) is 15.9 Å². The highest BCUT2D eigenvalue weighted by molar-refractivity contribution is 7.25. The molecule has 0 aliphatic carbocycles. The molecule has 36 heavy (non-hydrogen) atoms. The van der Waals surface area contributed by atoms with E-state index in [4.69, 9.17) is 21.1 Å². The van der Waals surface area contributed by atoms with E-state index in [0.717, 1.165) is 31.6 Å². The number of thiophene rings is 1. The van der Waals surface area contributed by atoms with Gasteiger partial charge in [0.15, 0.2) is 0 Å². The Balaban J connectivity index is 1.37. The lowest BCUT2D eigenvalue weighted by Crippen LogP contribution is -2.07. The van der Waals surface area contributed by atoms with Crippen molar-refractivity contribution in [2.24, 2.45) is 0 Å². The van der Waals surface area contributed by atoms with Crippen molar-refractivity contribution in [2.75, 3.05) is 11.9 Å². The van der Waals surface area contributed by atoms with E-state index in [1.54, 1.807) is 31.2 Å². The van der Waals surface area contributed by atoms with Gasteiger partial charge in [-0.1, -0.05) is 35.9 Å². The zero-order valence-corrected chi connectivity index (χ0v) is 20.8. The minimum Gasteiger partial charge on any atom is -0.487 e. The number of aromatic nitrogens is 2. The lowest BCUT2D eigenvalue weighted by molar-refractivity contribution is -0.142. The maximum absolute atomic E-state index is 13.4. The SMILES string of the molecule is CCOC(=O)Cc1ccc2c(c1)sc1ncnc(Nc3ccc(OCc4cccc(F)c4)c(Cl)c3)c12. The number of anilines is 2. The molecule has 5 rings (SSSR count). The summed E-state index contributed by atoms with van der Waals surface area (Å²) in [5, 5.41) is 5.63. The fraction of sp³-hybridized carbons (Fsp3) is 0.148. The zero-order chi connectivity index (χ0) is 25.1. The predicted molar refractivity (Wildman–Crippen MR) is 141 cm³/mol. The molecule has 5 aromatic rings. The van der Waals surface area contributed by atoms with Crippen LogP contribution in [0.25, 0.3) is 20.3 Å². The van der Waals surface area contributed by atoms with Crippen molar-refractivity contribution in [3.8, 4) is 5.75 Å². The Bertz CT molecular complexity index is 1570. The van der Waals surface area contributed by atoms with Crippen molar-refractivity contribution in [3.05, 3.63) is 89.0 Å². The van der Waals surface area contributed by atoms with Gasteiger partial charge in [0.25, 0.3) is 0 Å². The van der Waals surface area contributed by atoms with Crippen LogP contribution >= 0.6 is 22.9 Å². The third kappa shape index (κ3) is 5.24. The summed E-state index contributed by atoms with van der Waals surface area (Å²) in [6, 6.07) is 17.5. The Morgan fingerprint density at radius 2 is 1.97 bits per heavy atom. The molecule has 0 fully saturated rings. The number of nitrogens with one attached hydrogen (secondary N) is 1. The first-order chi connectivity index (χ1) is 17.5. The molecule has 3 aromatic carbocycles. The van der Waals surface area contributed by atoms with Gasteiger partial charge < -0.3 is 14.8 Å². The summed E-state index contributed by atoms with van der Waals surface area (Å²) in [5.41, 5.74) is 2.33. The van der Waals surface area contributed by atoms with E-state index in [0.29, 0.717) is 28.8 Å². The average Bonchev–Trinajstić information content (AvgIpc) is 3.22. The van der Waals surface area contributed by atoms with Crippen LogP contribution in [0.3, 0.4) is 0 Å². The number of carbonyl (C=O) groups excluding carboxylic acids is 1. The Hall–Kier alpha value is -3.75. The van der Waals surface area contributed by atoms with Crippen LogP contribution in [-0.4, -0.2) is 22.5 Å². The van der Waals surface area contributed by atoms with E-state index in [1.165, 1.54) is 29.8 Å². The van der Waals surface area contributed by atoms with Crippen LogP contribution < -0.4 is 10.1 Å². The number of hydrogen-bond acceptors (Lipinski definition) is 7. The van der Waals surface area contributed by atoms with Crippen LogP contribution in [-0.2, 0) is 22.6 Å². The van der Waals surface area contributed by atoms with Crippen molar-refractivity contribution < 1.29 is 18.7 Å². The smallest absolute Gasteiger partial charge is 0.310 e. The predicted octanol–water partition coefficient (Wildman–Crippen LogP) is 7.07. The van der Waals surface area contributed by atoms with Crippen molar-refractivity contribution in [3.63, 3.8) is 0 Å². The fourth-order valence-electron chi connectivity index (χ4n) is 3.86. The van der Waals surface area contributed by atoms with E-state index in [1.807, 2.05) is 24.3 Å². The van der Waals surface area contributed by atoms with E-state index in [9.17, 15) is 9.18 Å². The summed E-state index contributed by atoms with van der Waals surface area (Å²) in [6.45, 7) is 2.36. The number of ether oxygens (including phenoxy) is 2. The van der Waals surface area contributed by atoms with Crippen molar-refractivity contribution in [2.45, 2.75) is 20.0 Å². The Morgan fingerprint density at radius 3 is 2.78 bits per heavy atom. The summed E-state index contributed by atoms with van der Waals surface area (Å²) >= 11 is 8.00. The summed E-state index contributed by atoms with van der Waals surface area (Å²) in [5.74, 6) is 0.581. The Morgan fingerprint density at radius 1 is 1.08 bits per heavy atom. The molecule has 0 saturated heterocycles. The molecule has 0 spiro atoms. The molecule has 0 radical (unpaired) electrons. The summed E-state index contributed by atoms with van der Waals surface area (Å²) in [4.78, 5) is 21.6. The number of halogens is 2. The zero-order valence-electron chi connectivity index (χ0n) is 19.3. The average molecular weight is 522 g/mol. The van der Waals surface area contributed by atoms with Crippen molar-refractivity contribution in [1.29, 1.82) is 0 Å². The second-order valence-electron chi connectivity index (χ2n) is 8.01. The van der Waals surface area contributed by atoms with E-state index < -0.39 is 0 Å². The maximum Gasteiger partial charge on any atom is 0.310 e. The first-order valence-electron chi connectivity index (χ1n) is 11.3. The van der Waals surface area contributed by atoms with Gasteiger partial charge >= 0.3 is 5.97 Å². The fourth-order valence-corrected chi connectivity index (χ4v) is 5.20. The Kier molecular flexibility index (Phi) is 6.97. The first-order valence-corrected chi connectivity index (χ1v) is 12.4. The topological polar surface area (TPSA) is 73.3 Å². The largest absolute Gasteiger partial charge is 0.487 e. The van der Waals surface area contributed by atoms with Crippen LogP contribution in [0.2, 0.25) is 5.02 Å². The quantitative estimate of drug-likeness (QED) is 0.220. The number of benzene rings is 3. The second kappa shape index (κ2) is 10.5. The molecule has 182 valence electrons. The molecule has 0 saturated carbocycles. The van der Waals surface area contributed by atoms with Gasteiger partial charge in [0.1, 0.15) is 35.1 Å². The lowest BCUT2D eigenvalue weighted by Gasteiger charge is -2.11. The van der Waals surface area contributed by atoms with E-state index >= 15 is 0 Å². The number of nitrogens with zero attached hydrogens (tertiary/aromatic N) is 2. The molecule has 2 heterocycles. The molecule has 0 bridgehead atoms. The normalized spacial score (nSPS) is 11.1. The van der Waals surface area contributed by atoms with Gasteiger partial charge in [-0.25, -0.2) is 14.4 Å². The van der Waals surface area contributed by atoms with Gasteiger partial charge in [-0.3, -0.25) is 4.79 Å². The highest BCUT2D eigenvalue weighted by Gasteiger charge is 2.14. The molecule has 0 amide bonds. The van der Waals surface area contributed by atoms with Crippen LogP contribution in [0.15, 0.2) is 67.0 Å². The number of hydrogen-bond donors (Lipinski definition) is 1. The molecule has 9 heteroatoms. The van der Waals surface area contributed by atoms with E-state index in [2.05, 4.69) is 15.3 Å². The summed E-state index contributed by atoms with van der Waals surface area (Å²) in [7, 11) is 0. The standard InChI is InChI=1S/C27H21ClFN3O3S/c1-2-34-24(33)12-16-6-8-20-23(11-16)36-27-25(20)26(30-15-31-27)32-19-7-9-22(21(28)13-19)35-14-17-4-3-5-18(29)10-17/h3-11,13,15H,2,12,14H2,1H3,(H,30,31,32). The number of esters is 1. The second-order valence-corrected chi connectivity index (χ2v) is 9.44. The van der Waals surface area contributed by atoms with Gasteiger partial charge in [0.05, 0.1) is 23.4 Å². The third-order valence-electron chi connectivity index (χ3n) is 5.47. The highest BCUT2D eigenvalue weighted by atomic mass is 35.5. The Labute approximate surface area is 215 Å². The van der Waals surface area contributed by atoms with Gasteiger partial charge in [0, 0.05) is 15.8 Å². The molecule has 0 aliphatic rings. The molecular weight excluding hydrogens is 501 g/mol. The van der Waals surface area contributed by atoms with Crippen molar-refractivity contribution in [1.82, 2.24) is 9.97 Å². The highest BCUT2D eigenvalue weighted by Crippen LogP contribution is 2.38. The van der Waals surface area contributed by atoms with E-state index in [-0.39, 0.29) is 24.8 Å². The van der Waals surface area contributed by atoms with Crippen LogP contribution in [0, 0.1) is 5.82 Å². The summed E-state index contributed by atoms with van der Waals surface area (Å²) < 4.78 is 25.2. The van der Waals surface area contributed by atoms with Gasteiger partial charge in [-0.05, 0) is 54.4 Å². The van der Waals surface area contributed by atoms with Gasteiger partial charge in [0.2, 0.25) is 0 Å². The minimum absolute atomic E-state index is 0.204. The molecule has 0 aliphatic heterocycles. The molecule has 0 atom stereocenters. The monoisotopic (exact) mass is 521 g/mol.